The molecule has 0 amide bonds. The minimum atomic E-state index is 0.372. The van der Waals surface area contributed by atoms with Crippen LogP contribution >= 0.6 is 15.9 Å². The van der Waals surface area contributed by atoms with Gasteiger partial charge in [-0.05, 0) is 24.1 Å². The standard InChI is InChI=1S/C8H9BrO/c1-6-2-3-7(5-9)4-8(6)10/h2-4,10H,5H2,1H3. The molecule has 54 valence electrons. The zero-order chi connectivity index (χ0) is 7.56. The van der Waals surface area contributed by atoms with E-state index in [-0.39, 0.29) is 0 Å². The summed E-state index contributed by atoms with van der Waals surface area (Å²) in [7, 11) is 0. The number of hydrogen-bond donors (Lipinski definition) is 1. The van der Waals surface area contributed by atoms with Gasteiger partial charge in [0.1, 0.15) is 5.75 Å². The average Bonchev–Trinajstić information content (AvgIpc) is 1.95. The zero-order valence-corrected chi connectivity index (χ0v) is 7.35. The van der Waals surface area contributed by atoms with E-state index in [1.165, 1.54) is 0 Å². The lowest BCUT2D eigenvalue weighted by Crippen LogP contribution is -1.78. The highest BCUT2D eigenvalue weighted by Gasteiger charge is 1.95. The normalized spacial score (nSPS) is 9.80. The van der Waals surface area contributed by atoms with E-state index >= 15 is 0 Å². The molecule has 0 saturated heterocycles. The number of aromatic hydroxyl groups is 1. The number of hydrogen-bond acceptors (Lipinski definition) is 1. The van der Waals surface area contributed by atoms with Gasteiger partial charge in [0.2, 0.25) is 0 Å². The molecule has 1 aromatic carbocycles. The van der Waals surface area contributed by atoms with Gasteiger partial charge in [-0.3, -0.25) is 0 Å². The molecule has 10 heavy (non-hydrogen) atoms. The summed E-state index contributed by atoms with van der Waals surface area (Å²) in [6, 6.07) is 5.67. The van der Waals surface area contributed by atoms with Crippen LogP contribution < -0.4 is 0 Å². The van der Waals surface area contributed by atoms with Gasteiger partial charge in [-0.1, -0.05) is 28.1 Å². The van der Waals surface area contributed by atoms with Crippen LogP contribution in [0, 0.1) is 6.92 Å². The van der Waals surface area contributed by atoms with E-state index in [4.69, 9.17) is 0 Å². The van der Waals surface area contributed by atoms with E-state index in [1.54, 1.807) is 6.07 Å². The number of benzene rings is 1. The van der Waals surface area contributed by atoms with E-state index in [0.717, 1.165) is 16.5 Å². The third-order valence-corrected chi connectivity index (χ3v) is 2.08. The van der Waals surface area contributed by atoms with Crippen molar-refractivity contribution in [3.63, 3.8) is 0 Å². The first-order chi connectivity index (χ1) is 4.74. The molecule has 0 aliphatic rings. The van der Waals surface area contributed by atoms with Gasteiger partial charge >= 0.3 is 0 Å². The fourth-order valence-electron chi connectivity index (χ4n) is 0.738. The second-order valence-electron chi connectivity index (χ2n) is 2.25. The molecule has 0 spiro atoms. The minimum absolute atomic E-state index is 0.372. The highest BCUT2D eigenvalue weighted by Crippen LogP contribution is 2.18. The molecule has 0 bridgehead atoms. The molecule has 1 aromatic rings. The van der Waals surface area contributed by atoms with Crippen molar-refractivity contribution in [1.82, 2.24) is 0 Å². The van der Waals surface area contributed by atoms with Gasteiger partial charge in [0.25, 0.3) is 0 Å². The Balaban J connectivity index is 3.04. The van der Waals surface area contributed by atoms with Gasteiger partial charge < -0.3 is 5.11 Å². The lowest BCUT2D eigenvalue weighted by Gasteiger charge is -1.99. The van der Waals surface area contributed by atoms with E-state index in [1.807, 2.05) is 19.1 Å². The summed E-state index contributed by atoms with van der Waals surface area (Å²) in [5.41, 5.74) is 2.02. The number of rotatable bonds is 1. The second-order valence-corrected chi connectivity index (χ2v) is 2.82. The maximum atomic E-state index is 9.21. The number of alkyl halides is 1. The molecule has 0 saturated carbocycles. The molecule has 0 unspecified atom stereocenters. The summed E-state index contributed by atoms with van der Waals surface area (Å²) in [5.74, 6) is 0.372. The molecule has 0 aromatic heterocycles. The van der Waals surface area contributed by atoms with Crippen LogP contribution in [0.4, 0.5) is 0 Å². The highest BCUT2D eigenvalue weighted by molar-refractivity contribution is 9.08. The Kier molecular flexibility index (Phi) is 2.33. The van der Waals surface area contributed by atoms with Crippen LogP contribution in [0.3, 0.4) is 0 Å². The molecule has 0 fully saturated rings. The van der Waals surface area contributed by atoms with Crippen LogP contribution in [0.5, 0.6) is 5.75 Å². The molecule has 0 heterocycles. The van der Waals surface area contributed by atoms with Crippen molar-refractivity contribution in [2.45, 2.75) is 12.3 Å². The maximum absolute atomic E-state index is 9.21. The van der Waals surface area contributed by atoms with Crippen LogP contribution in [-0.2, 0) is 5.33 Å². The first-order valence-electron chi connectivity index (χ1n) is 3.08. The number of phenolic OH excluding ortho intramolecular Hbond substituents is 1. The van der Waals surface area contributed by atoms with Crippen molar-refractivity contribution in [1.29, 1.82) is 0 Å². The lowest BCUT2D eigenvalue weighted by molar-refractivity contribution is 0.470. The van der Waals surface area contributed by atoms with Crippen LogP contribution in [0.2, 0.25) is 0 Å². The van der Waals surface area contributed by atoms with Gasteiger partial charge in [0.05, 0.1) is 0 Å². The predicted octanol–water partition coefficient (Wildman–Crippen LogP) is 2.60. The summed E-state index contributed by atoms with van der Waals surface area (Å²) >= 11 is 3.31. The molecule has 0 radical (unpaired) electrons. The van der Waals surface area contributed by atoms with Crippen LogP contribution in [0.15, 0.2) is 18.2 Å². The number of aryl methyl sites for hydroxylation is 1. The minimum Gasteiger partial charge on any atom is -0.508 e. The Morgan fingerprint density at radius 3 is 2.70 bits per heavy atom. The van der Waals surface area contributed by atoms with Crippen LogP contribution in [-0.4, -0.2) is 5.11 Å². The summed E-state index contributed by atoms with van der Waals surface area (Å²) in [4.78, 5) is 0. The molecular weight excluding hydrogens is 192 g/mol. The lowest BCUT2D eigenvalue weighted by atomic mass is 10.1. The van der Waals surface area contributed by atoms with Crippen molar-refractivity contribution in [3.05, 3.63) is 29.3 Å². The maximum Gasteiger partial charge on any atom is 0.118 e. The summed E-state index contributed by atoms with van der Waals surface area (Å²) in [6.07, 6.45) is 0. The van der Waals surface area contributed by atoms with Crippen LogP contribution in [0.1, 0.15) is 11.1 Å². The SMILES string of the molecule is Cc1ccc(CBr)cc1O. The highest BCUT2D eigenvalue weighted by atomic mass is 79.9. The number of halogens is 1. The fraction of sp³-hybridized carbons (Fsp3) is 0.250. The quantitative estimate of drug-likeness (QED) is 0.692. The Bertz CT molecular complexity index is 233. The third-order valence-electron chi connectivity index (χ3n) is 1.43. The fourth-order valence-corrected chi connectivity index (χ4v) is 1.09. The van der Waals surface area contributed by atoms with E-state index in [0.29, 0.717) is 5.75 Å². The molecule has 1 N–H and O–H groups in total. The Morgan fingerprint density at radius 2 is 2.20 bits per heavy atom. The molecule has 0 atom stereocenters. The largest absolute Gasteiger partial charge is 0.508 e. The van der Waals surface area contributed by atoms with E-state index in [2.05, 4.69) is 15.9 Å². The topological polar surface area (TPSA) is 20.2 Å². The summed E-state index contributed by atoms with van der Waals surface area (Å²) < 4.78 is 0. The molecule has 0 aliphatic carbocycles. The number of phenols is 1. The first kappa shape index (κ1) is 7.61. The van der Waals surface area contributed by atoms with Gasteiger partial charge in [-0.2, -0.15) is 0 Å². The third kappa shape index (κ3) is 1.51. The van der Waals surface area contributed by atoms with Gasteiger partial charge in [0.15, 0.2) is 0 Å². The van der Waals surface area contributed by atoms with Gasteiger partial charge in [-0.15, -0.1) is 0 Å². The van der Waals surface area contributed by atoms with E-state index < -0.39 is 0 Å². The van der Waals surface area contributed by atoms with Crippen molar-refractivity contribution < 1.29 is 5.11 Å². The second kappa shape index (κ2) is 3.06. The zero-order valence-electron chi connectivity index (χ0n) is 5.76. The van der Waals surface area contributed by atoms with Crippen LogP contribution in [0.25, 0.3) is 0 Å². The van der Waals surface area contributed by atoms with Gasteiger partial charge in [0, 0.05) is 5.33 Å². The van der Waals surface area contributed by atoms with Crippen molar-refractivity contribution in [3.8, 4) is 5.75 Å². The van der Waals surface area contributed by atoms with Crippen molar-refractivity contribution in [2.75, 3.05) is 0 Å². The van der Waals surface area contributed by atoms with Crippen molar-refractivity contribution >= 4 is 15.9 Å². The smallest absolute Gasteiger partial charge is 0.118 e. The summed E-state index contributed by atoms with van der Waals surface area (Å²) in [6.45, 7) is 1.88. The van der Waals surface area contributed by atoms with Gasteiger partial charge in [-0.25, -0.2) is 0 Å². The molecule has 2 heteroatoms. The predicted molar refractivity (Wildman–Crippen MR) is 45.5 cm³/mol. The molecular formula is C8H9BrO. The average molecular weight is 201 g/mol. The Hall–Kier alpha value is -0.500. The Labute approximate surface area is 68.8 Å². The molecule has 0 aliphatic heterocycles. The summed E-state index contributed by atoms with van der Waals surface area (Å²) in [5, 5.41) is 10.0. The monoisotopic (exact) mass is 200 g/mol. The van der Waals surface area contributed by atoms with E-state index in [9.17, 15) is 5.11 Å². The van der Waals surface area contributed by atoms with Crippen molar-refractivity contribution in [2.24, 2.45) is 0 Å². The first-order valence-corrected chi connectivity index (χ1v) is 4.20. The molecule has 1 nitrogen and oxygen atoms in total. The Morgan fingerprint density at radius 1 is 1.50 bits per heavy atom. The molecule has 1 rings (SSSR count).